The van der Waals surface area contributed by atoms with E-state index in [9.17, 15) is 4.79 Å². The molecule has 0 fully saturated rings. The summed E-state index contributed by atoms with van der Waals surface area (Å²) in [6.07, 6.45) is 0. The zero-order valence-corrected chi connectivity index (χ0v) is 8.29. The molecule has 0 saturated heterocycles. The Morgan fingerprint density at radius 2 is 2.29 bits per heavy atom. The molecule has 1 aromatic heterocycles. The van der Waals surface area contributed by atoms with Gasteiger partial charge in [0, 0.05) is 12.2 Å². The lowest BCUT2D eigenvalue weighted by molar-refractivity contribution is -0.118. The maximum absolute atomic E-state index is 11.5. The van der Waals surface area contributed by atoms with Crippen LogP contribution in [0.1, 0.15) is 12.6 Å². The average Bonchev–Trinajstić information content (AvgIpc) is 2.29. The third kappa shape index (κ3) is 1.55. The fraction of sp³-hybridized carbons (Fsp3) is 0.400. The Kier molecular flexibility index (Phi) is 2.11. The molecule has 1 aliphatic heterocycles. The second kappa shape index (κ2) is 3.29. The molecular formula is C10H13N3O. The molecule has 4 nitrogen and oxygen atoms in total. The van der Waals surface area contributed by atoms with E-state index in [1.54, 1.807) is 0 Å². The molecule has 0 saturated carbocycles. The smallest absolute Gasteiger partial charge is 0.229 e. The summed E-state index contributed by atoms with van der Waals surface area (Å²) in [7, 11) is 0. The zero-order valence-electron chi connectivity index (χ0n) is 8.29. The highest BCUT2D eigenvalue weighted by Crippen LogP contribution is 2.23. The largest absolute Gasteiger partial charge is 0.368 e. The van der Waals surface area contributed by atoms with Crippen molar-refractivity contribution in [3.8, 4) is 0 Å². The number of carbonyl (C=O) groups is 1. The molecule has 1 aliphatic rings. The van der Waals surface area contributed by atoms with Crippen LogP contribution < -0.4 is 10.6 Å². The Morgan fingerprint density at radius 1 is 1.50 bits per heavy atom. The molecule has 2 rings (SSSR count). The molecule has 1 aromatic rings. The van der Waals surface area contributed by atoms with Gasteiger partial charge < -0.3 is 10.6 Å². The van der Waals surface area contributed by atoms with Gasteiger partial charge in [0.2, 0.25) is 5.91 Å². The molecule has 2 heterocycles. The summed E-state index contributed by atoms with van der Waals surface area (Å²) >= 11 is 0. The van der Waals surface area contributed by atoms with Crippen LogP contribution in [0.25, 0.3) is 0 Å². The lowest BCUT2D eigenvalue weighted by Gasteiger charge is -2.06. The lowest BCUT2D eigenvalue weighted by Crippen LogP contribution is -2.22. The van der Waals surface area contributed by atoms with E-state index >= 15 is 0 Å². The number of nitrogens with one attached hydrogen (secondary N) is 2. The summed E-state index contributed by atoms with van der Waals surface area (Å²) in [5.74, 6) is 0.786. The standard InChI is InChI=1S/C10H13N3O/c1-6-5-11-9-8(13-10(6)14)4-3-7(2)12-9/h3-4,6H,5H2,1-2H3,(H,11,12)(H,13,14). The second-order valence-corrected chi connectivity index (χ2v) is 3.62. The van der Waals surface area contributed by atoms with E-state index in [-0.39, 0.29) is 11.8 Å². The number of anilines is 2. The Labute approximate surface area is 82.7 Å². The number of hydrogen-bond acceptors (Lipinski definition) is 3. The van der Waals surface area contributed by atoms with Crippen LogP contribution in [0.5, 0.6) is 0 Å². The van der Waals surface area contributed by atoms with Crippen molar-refractivity contribution in [2.45, 2.75) is 13.8 Å². The molecule has 14 heavy (non-hydrogen) atoms. The summed E-state index contributed by atoms with van der Waals surface area (Å²) in [6.45, 7) is 4.45. The van der Waals surface area contributed by atoms with Crippen molar-refractivity contribution in [3.63, 3.8) is 0 Å². The molecule has 0 radical (unpaired) electrons. The fourth-order valence-corrected chi connectivity index (χ4v) is 1.39. The first-order valence-corrected chi connectivity index (χ1v) is 4.69. The summed E-state index contributed by atoms with van der Waals surface area (Å²) < 4.78 is 0. The van der Waals surface area contributed by atoms with Crippen molar-refractivity contribution in [2.24, 2.45) is 5.92 Å². The van der Waals surface area contributed by atoms with Gasteiger partial charge in [0.1, 0.15) is 5.82 Å². The third-order valence-corrected chi connectivity index (χ3v) is 2.32. The number of nitrogens with zero attached hydrogens (tertiary/aromatic N) is 1. The van der Waals surface area contributed by atoms with E-state index in [0.717, 1.165) is 17.2 Å². The monoisotopic (exact) mass is 191 g/mol. The number of pyridine rings is 1. The van der Waals surface area contributed by atoms with Gasteiger partial charge in [-0.15, -0.1) is 0 Å². The van der Waals surface area contributed by atoms with Gasteiger partial charge in [-0.05, 0) is 19.1 Å². The van der Waals surface area contributed by atoms with Gasteiger partial charge in [-0.2, -0.15) is 0 Å². The minimum absolute atomic E-state index is 0.0236. The molecule has 4 heteroatoms. The molecule has 0 aliphatic carbocycles. The van der Waals surface area contributed by atoms with Crippen LogP contribution in [0.4, 0.5) is 11.5 Å². The zero-order chi connectivity index (χ0) is 10.1. The van der Waals surface area contributed by atoms with Gasteiger partial charge in [-0.3, -0.25) is 4.79 Å². The third-order valence-electron chi connectivity index (χ3n) is 2.32. The van der Waals surface area contributed by atoms with Crippen LogP contribution in [0.2, 0.25) is 0 Å². The van der Waals surface area contributed by atoms with E-state index in [4.69, 9.17) is 0 Å². The first-order chi connectivity index (χ1) is 6.66. The predicted octanol–water partition coefficient (Wildman–Crippen LogP) is 1.39. The van der Waals surface area contributed by atoms with E-state index in [2.05, 4.69) is 15.6 Å². The molecule has 2 N–H and O–H groups in total. The minimum Gasteiger partial charge on any atom is -0.368 e. The van der Waals surface area contributed by atoms with Gasteiger partial charge in [0.15, 0.2) is 0 Å². The molecule has 0 spiro atoms. The van der Waals surface area contributed by atoms with Gasteiger partial charge in [-0.25, -0.2) is 4.98 Å². The minimum atomic E-state index is -0.0236. The number of fused-ring (bicyclic) bond motifs is 1. The Morgan fingerprint density at radius 3 is 3.07 bits per heavy atom. The summed E-state index contributed by atoms with van der Waals surface area (Å²) in [5.41, 5.74) is 1.71. The van der Waals surface area contributed by atoms with Crippen LogP contribution in [-0.2, 0) is 4.79 Å². The predicted molar refractivity (Wildman–Crippen MR) is 55.3 cm³/mol. The number of rotatable bonds is 0. The fourth-order valence-electron chi connectivity index (χ4n) is 1.39. The number of carbonyl (C=O) groups excluding carboxylic acids is 1. The van der Waals surface area contributed by atoms with Gasteiger partial charge in [-0.1, -0.05) is 6.92 Å². The molecule has 1 atom stereocenters. The van der Waals surface area contributed by atoms with Gasteiger partial charge >= 0.3 is 0 Å². The highest BCUT2D eigenvalue weighted by Gasteiger charge is 2.19. The Balaban J connectivity index is 2.37. The topological polar surface area (TPSA) is 54.0 Å². The van der Waals surface area contributed by atoms with Crippen molar-refractivity contribution in [2.75, 3.05) is 17.2 Å². The van der Waals surface area contributed by atoms with E-state index in [1.807, 2.05) is 26.0 Å². The number of aryl methyl sites for hydroxylation is 1. The van der Waals surface area contributed by atoms with Crippen LogP contribution >= 0.6 is 0 Å². The molecule has 1 unspecified atom stereocenters. The molecule has 1 amide bonds. The van der Waals surface area contributed by atoms with Gasteiger partial charge in [0.05, 0.1) is 11.6 Å². The van der Waals surface area contributed by atoms with E-state index in [1.165, 1.54) is 0 Å². The van der Waals surface area contributed by atoms with E-state index in [0.29, 0.717) is 6.54 Å². The highest BCUT2D eigenvalue weighted by atomic mass is 16.1. The first kappa shape index (κ1) is 8.99. The first-order valence-electron chi connectivity index (χ1n) is 4.69. The molecule has 0 aromatic carbocycles. The van der Waals surface area contributed by atoms with Crippen LogP contribution in [0.15, 0.2) is 12.1 Å². The number of hydrogen-bond donors (Lipinski definition) is 2. The number of aromatic nitrogens is 1. The highest BCUT2D eigenvalue weighted by molar-refractivity contribution is 5.96. The average molecular weight is 191 g/mol. The molecule has 74 valence electrons. The normalized spacial score (nSPS) is 20.4. The lowest BCUT2D eigenvalue weighted by atomic mass is 10.2. The summed E-state index contributed by atoms with van der Waals surface area (Å²) in [4.78, 5) is 15.8. The molecule has 0 bridgehead atoms. The van der Waals surface area contributed by atoms with Crippen LogP contribution in [0.3, 0.4) is 0 Å². The van der Waals surface area contributed by atoms with Crippen molar-refractivity contribution in [3.05, 3.63) is 17.8 Å². The maximum Gasteiger partial charge on any atom is 0.229 e. The van der Waals surface area contributed by atoms with Crippen molar-refractivity contribution >= 4 is 17.4 Å². The van der Waals surface area contributed by atoms with Crippen molar-refractivity contribution in [1.29, 1.82) is 0 Å². The van der Waals surface area contributed by atoms with Crippen LogP contribution in [-0.4, -0.2) is 17.4 Å². The summed E-state index contributed by atoms with van der Waals surface area (Å²) in [6, 6.07) is 3.76. The Bertz CT molecular complexity index is 376. The number of amides is 1. The molecular weight excluding hydrogens is 178 g/mol. The second-order valence-electron chi connectivity index (χ2n) is 3.62. The summed E-state index contributed by atoms with van der Waals surface area (Å²) in [5, 5.41) is 5.99. The van der Waals surface area contributed by atoms with E-state index < -0.39 is 0 Å². The van der Waals surface area contributed by atoms with Crippen molar-refractivity contribution in [1.82, 2.24) is 4.98 Å². The maximum atomic E-state index is 11.5. The Hall–Kier alpha value is -1.58. The van der Waals surface area contributed by atoms with Crippen LogP contribution in [0, 0.1) is 12.8 Å². The quantitative estimate of drug-likeness (QED) is 0.651. The SMILES string of the molecule is Cc1ccc2c(n1)NCC(C)C(=O)N2. The van der Waals surface area contributed by atoms with Gasteiger partial charge in [0.25, 0.3) is 0 Å². The van der Waals surface area contributed by atoms with Crippen molar-refractivity contribution < 1.29 is 4.79 Å².